The van der Waals surface area contributed by atoms with Gasteiger partial charge in [0, 0.05) is 58.2 Å². The molecule has 0 radical (unpaired) electrons. The van der Waals surface area contributed by atoms with E-state index < -0.39 is 11.8 Å². The molecule has 0 fully saturated rings. The van der Waals surface area contributed by atoms with Gasteiger partial charge < -0.3 is 20.8 Å². The van der Waals surface area contributed by atoms with Crippen LogP contribution in [0.4, 0.5) is 0 Å². The minimum atomic E-state index is -1.50. The molecular formula is C36H77N7O4. The lowest BCUT2D eigenvalue weighted by Gasteiger charge is -2.31. The molecule has 0 bridgehead atoms. The van der Waals surface area contributed by atoms with Gasteiger partial charge in [0.2, 0.25) is 11.8 Å². The Labute approximate surface area is 288 Å². The second-order valence-electron chi connectivity index (χ2n) is 13.7. The number of aliphatic hydroxyl groups excluding tert-OH is 2. The number of carbonyl (C=O) groups is 2. The lowest BCUT2D eigenvalue weighted by Crippen LogP contribution is -2.70. The van der Waals surface area contributed by atoms with Gasteiger partial charge in [0.05, 0.1) is 19.3 Å². The molecule has 0 aromatic carbocycles. The van der Waals surface area contributed by atoms with Crippen LogP contribution in [0.5, 0.6) is 0 Å². The van der Waals surface area contributed by atoms with Gasteiger partial charge in [-0.25, -0.2) is 0 Å². The molecular weight excluding hydrogens is 594 g/mol. The monoisotopic (exact) mass is 672 g/mol. The first kappa shape index (κ1) is 45.7. The van der Waals surface area contributed by atoms with Crippen molar-refractivity contribution in [3.05, 3.63) is 0 Å². The van der Waals surface area contributed by atoms with Gasteiger partial charge in [0.15, 0.2) is 0 Å². The first-order valence-electron chi connectivity index (χ1n) is 19.2. The van der Waals surface area contributed by atoms with Crippen molar-refractivity contribution in [2.45, 2.75) is 167 Å². The van der Waals surface area contributed by atoms with Crippen molar-refractivity contribution in [3.63, 3.8) is 0 Å². The minimum absolute atomic E-state index is 0.00185. The third-order valence-corrected chi connectivity index (χ3v) is 9.06. The fraction of sp³-hybridized carbons (Fsp3) is 0.944. The summed E-state index contributed by atoms with van der Waals surface area (Å²) in [5.74, 6) is -1.64. The number of amides is 2. The molecule has 0 saturated carbocycles. The molecule has 11 heteroatoms. The molecule has 0 aliphatic carbocycles. The van der Waals surface area contributed by atoms with Gasteiger partial charge in [-0.1, -0.05) is 117 Å². The van der Waals surface area contributed by atoms with Gasteiger partial charge in [-0.3, -0.25) is 36.6 Å². The van der Waals surface area contributed by atoms with Crippen molar-refractivity contribution in [3.8, 4) is 0 Å². The Morgan fingerprint density at radius 3 is 1.36 bits per heavy atom. The van der Waals surface area contributed by atoms with Crippen LogP contribution in [0.3, 0.4) is 0 Å². The summed E-state index contributed by atoms with van der Waals surface area (Å²) in [6.45, 7) is 9.58. The van der Waals surface area contributed by atoms with Crippen LogP contribution >= 0.6 is 0 Å². The van der Waals surface area contributed by atoms with E-state index in [1.165, 1.54) is 77.0 Å². The maximum Gasteiger partial charge on any atom is 0.221 e. The van der Waals surface area contributed by atoms with E-state index in [1.807, 2.05) is 4.90 Å². The highest BCUT2D eigenvalue weighted by Crippen LogP contribution is 2.13. The number of nitrogens with zero attached hydrogens (tertiary/aromatic N) is 2. The van der Waals surface area contributed by atoms with Crippen LogP contribution in [0.2, 0.25) is 0 Å². The maximum absolute atomic E-state index is 12.8. The van der Waals surface area contributed by atoms with E-state index in [9.17, 15) is 19.8 Å². The Morgan fingerprint density at radius 1 is 0.574 bits per heavy atom. The first-order chi connectivity index (χ1) is 22.6. The molecule has 280 valence electrons. The Bertz CT molecular complexity index is 739. The Hall–Kier alpha value is -1.34. The maximum atomic E-state index is 12.8. The van der Waals surface area contributed by atoms with Gasteiger partial charge in [0.1, 0.15) is 5.79 Å². The molecule has 2 atom stereocenters. The normalized spacial score (nSPS) is 13.3. The third-order valence-electron chi connectivity index (χ3n) is 9.06. The van der Waals surface area contributed by atoms with Gasteiger partial charge in [-0.2, -0.15) is 0 Å². The average molecular weight is 672 g/mol. The summed E-state index contributed by atoms with van der Waals surface area (Å²) in [5.41, 5.74) is 18.0. The van der Waals surface area contributed by atoms with Crippen molar-refractivity contribution in [2.75, 3.05) is 52.5 Å². The van der Waals surface area contributed by atoms with Gasteiger partial charge in [0.25, 0.3) is 0 Å². The summed E-state index contributed by atoms with van der Waals surface area (Å²) in [6.07, 6.45) is 21.8. The minimum Gasteiger partial charge on any atom is -0.395 e. The molecule has 11 nitrogen and oxygen atoms in total. The van der Waals surface area contributed by atoms with E-state index in [0.717, 1.165) is 32.1 Å². The predicted octanol–water partition coefficient (Wildman–Crippen LogP) is 3.94. The molecule has 47 heavy (non-hydrogen) atoms. The zero-order chi connectivity index (χ0) is 35.2. The van der Waals surface area contributed by atoms with Crippen molar-refractivity contribution in [2.24, 2.45) is 17.2 Å². The number of aliphatic hydroxyl groups is 2. The van der Waals surface area contributed by atoms with Crippen LogP contribution in [-0.4, -0.2) is 102 Å². The molecule has 2 unspecified atom stereocenters. The van der Waals surface area contributed by atoms with E-state index in [0.29, 0.717) is 52.1 Å². The summed E-state index contributed by atoms with van der Waals surface area (Å²) in [7, 11) is 0. The third kappa shape index (κ3) is 28.2. The second-order valence-corrected chi connectivity index (χ2v) is 13.7. The summed E-state index contributed by atoms with van der Waals surface area (Å²) in [4.78, 5) is 29.5. The molecule has 0 aromatic rings. The largest absolute Gasteiger partial charge is 0.395 e. The summed E-state index contributed by atoms with van der Waals surface area (Å²) in [5, 5.41) is 25.3. The van der Waals surface area contributed by atoms with Crippen LogP contribution in [0, 0.1) is 0 Å². The van der Waals surface area contributed by atoms with Crippen LogP contribution in [0.15, 0.2) is 0 Å². The molecule has 0 rings (SSSR count). The average Bonchev–Trinajstić information content (AvgIpc) is 3.02. The number of hydrogen-bond acceptors (Lipinski definition) is 9. The Balaban J connectivity index is 4.51. The molecule has 10 N–H and O–H groups in total. The Morgan fingerprint density at radius 2 is 0.957 bits per heavy atom. The summed E-state index contributed by atoms with van der Waals surface area (Å²) < 4.78 is 0. The van der Waals surface area contributed by atoms with E-state index in [2.05, 4.69) is 36.3 Å². The number of unbranched alkanes of at least 4 members (excludes halogenated alkanes) is 14. The van der Waals surface area contributed by atoms with Crippen molar-refractivity contribution in [1.82, 2.24) is 20.4 Å². The smallest absolute Gasteiger partial charge is 0.221 e. The summed E-state index contributed by atoms with van der Waals surface area (Å²) >= 11 is 0. The lowest BCUT2D eigenvalue weighted by molar-refractivity contribution is -0.123. The standard InChI is InChI=1S/C36H77N7O4/c1-4-6-8-10-12-14-16-18-20-32(3)40-34(46)22-24-42(28-30-44)26-27-43(29-31-45)25-23-35(47)41-33(36(37,38)39)21-19-17-15-13-11-9-7-5-2/h32-33,44-45H,4-31,37-39H2,1-3H3,(H,40,46)(H,41,47). The predicted molar refractivity (Wildman–Crippen MR) is 196 cm³/mol. The highest BCUT2D eigenvalue weighted by molar-refractivity contribution is 5.76. The molecule has 0 aliphatic heterocycles. The van der Waals surface area contributed by atoms with Crippen molar-refractivity contribution < 1.29 is 19.8 Å². The lowest BCUT2D eigenvalue weighted by atomic mass is 10.0. The van der Waals surface area contributed by atoms with Gasteiger partial charge in [-0.15, -0.1) is 0 Å². The van der Waals surface area contributed by atoms with Crippen molar-refractivity contribution in [1.29, 1.82) is 0 Å². The fourth-order valence-electron chi connectivity index (χ4n) is 5.96. The Kier molecular flexibility index (Phi) is 29.8. The number of carbonyl (C=O) groups excluding carboxylic acids is 2. The number of nitrogens with one attached hydrogen (secondary N) is 2. The quantitative estimate of drug-likeness (QED) is 0.0394. The molecule has 0 aromatic heterocycles. The SMILES string of the molecule is CCCCCCCCCCC(C)NC(=O)CCN(CCO)CCN(CCO)CCC(=O)NC(CCCCCCCCCC)C(N)(N)N. The molecule has 2 amide bonds. The van der Waals surface area contributed by atoms with Gasteiger partial charge >= 0.3 is 0 Å². The topological polar surface area (TPSA) is 183 Å². The van der Waals surface area contributed by atoms with Crippen LogP contribution in [0.1, 0.15) is 149 Å². The van der Waals surface area contributed by atoms with Crippen molar-refractivity contribution >= 4 is 11.8 Å². The van der Waals surface area contributed by atoms with E-state index in [-0.39, 0.29) is 37.5 Å². The van der Waals surface area contributed by atoms with Gasteiger partial charge in [-0.05, 0) is 19.8 Å². The highest BCUT2D eigenvalue weighted by Gasteiger charge is 2.27. The highest BCUT2D eigenvalue weighted by atomic mass is 16.3. The zero-order valence-corrected chi connectivity index (χ0v) is 30.8. The molecule has 0 aliphatic rings. The summed E-state index contributed by atoms with van der Waals surface area (Å²) in [6, 6.07) is -0.362. The first-order valence-corrected chi connectivity index (χ1v) is 19.2. The number of rotatable bonds is 34. The zero-order valence-electron chi connectivity index (χ0n) is 30.8. The van der Waals surface area contributed by atoms with Crippen LogP contribution in [0.25, 0.3) is 0 Å². The second kappa shape index (κ2) is 30.7. The fourth-order valence-corrected chi connectivity index (χ4v) is 5.96. The van der Waals surface area contributed by atoms with E-state index >= 15 is 0 Å². The molecule has 0 spiro atoms. The van der Waals surface area contributed by atoms with Crippen LogP contribution < -0.4 is 27.8 Å². The van der Waals surface area contributed by atoms with E-state index in [4.69, 9.17) is 17.2 Å². The van der Waals surface area contributed by atoms with Crippen LogP contribution in [-0.2, 0) is 9.59 Å². The number of hydrogen-bond donors (Lipinski definition) is 7. The van der Waals surface area contributed by atoms with E-state index in [1.54, 1.807) is 0 Å². The number of nitrogens with two attached hydrogens (primary N) is 3. The molecule has 0 heterocycles. The molecule has 0 saturated heterocycles.